The fraction of sp³-hybridized carbons (Fsp3) is 0.273. The summed E-state index contributed by atoms with van der Waals surface area (Å²) in [5.74, 6) is -0.741. The van der Waals surface area contributed by atoms with Gasteiger partial charge in [-0.2, -0.15) is 4.31 Å². The number of nitrogens with zero attached hydrogens (tertiary/aromatic N) is 3. The van der Waals surface area contributed by atoms with Crippen molar-refractivity contribution in [1.29, 1.82) is 0 Å². The lowest BCUT2D eigenvalue weighted by Gasteiger charge is -2.21. The Morgan fingerprint density at radius 3 is 2.55 bits per heavy atom. The van der Waals surface area contributed by atoms with E-state index in [-0.39, 0.29) is 29.7 Å². The van der Waals surface area contributed by atoms with E-state index < -0.39 is 15.8 Å². The van der Waals surface area contributed by atoms with Crippen LogP contribution in [-0.4, -0.2) is 54.9 Å². The van der Waals surface area contributed by atoms with Crippen molar-refractivity contribution in [3.63, 3.8) is 0 Å². The highest BCUT2D eigenvalue weighted by Crippen LogP contribution is 2.22. The Balaban J connectivity index is 1.46. The van der Waals surface area contributed by atoms with Crippen molar-refractivity contribution in [2.75, 3.05) is 26.2 Å². The quantitative estimate of drug-likeness (QED) is 0.618. The molecule has 0 aliphatic carbocycles. The number of aryl methyl sites for hydroxylation is 1. The van der Waals surface area contributed by atoms with Crippen LogP contribution in [0.2, 0.25) is 0 Å². The third kappa shape index (κ3) is 4.52. The number of hydrogen-bond donors (Lipinski definition) is 0. The van der Waals surface area contributed by atoms with Crippen molar-refractivity contribution >= 4 is 15.9 Å². The van der Waals surface area contributed by atoms with Gasteiger partial charge in [0.15, 0.2) is 0 Å². The van der Waals surface area contributed by atoms with Gasteiger partial charge in [0, 0.05) is 37.8 Å². The van der Waals surface area contributed by atoms with E-state index in [1.165, 1.54) is 22.5 Å². The molecule has 2 heterocycles. The van der Waals surface area contributed by atoms with Gasteiger partial charge in [-0.1, -0.05) is 35.0 Å². The molecule has 1 amide bonds. The first-order valence-corrected chi connectivity index (χ1v) is 11.4. The Hall–Kier alpha value is -3.04. The molecule has 1 fully saturated rings. The van der Waals surface area contributed by atoms with E-state index in [4.69, 9.17) is 4.52 Å². The number of halogens is 1. The van der Waals surface area contributed by atoms with Crippen LogP contribution in [0.25, 0.3) is 11.3 Å². The molecule has 7 nitrogen and oxygen atoms in total. The molecule has 0 N–H and O–H groups in total. The van der Waals surface area contributed by atoms with E-state index in [0.29, 0.717) is 30.8 Å². The summed E-state index contributed by atoms with van der Waals surface area (Å²) in [6, 6.07) is 14.1. The Kier molecular flexibility index (Phi) is 5.88. The van der Waals surface area contributed by atoms with Crippen LogP contribution in [0.1, 0.15) is 22.5 Å². The standard InChI is InChI=1S/C22H22FN3O4S/c1-16-6-8-19(9-7-16)31(28,29)26-11-3-10-25(12-13-26)22(27)21-15-20(24-30-21)17-4-2-5-18(23)14-17/h2,4-9,14-15H,3,10-13H2,1H3. The van der Waals surface area contributed by atoms with Gasteiger partial charge in [0.25, 0.3) is 5.91 Å². The topological polar surface area (TPSA) is 83.7 Å². The highest BCUT2D eigenvalue weighted by atomic mass is 32.2. The zero-order valence-electron chi connectivity index (χ0n) is 17.0. The SMILES string of the molecule is Cc1ccc(S(=O)(=O)N2CCCN(C(=O)c3cc(-c4cccc(F)c4)no3)CC2)cc1. The van der Waals surface area contributed by atoms with E-state index in [1.54, 1.807) is 41.3 Å². The molecule has 1 aromatic heterocycles. The third-order valence-corrected chi connectivity index (χ3v) is 7.16. The van der Waals surface area contributed by atoms with Gasteiger partial charge in [-0.15, -0.1) is 0 Å². The number of amides is 1. The second-order valence-corrected chi connectivity index (χ2v) is 9.39. The Bertz CT molecular complexity index is 1190. The summed E-state index contributed by atoms with van der Waals surface area (Å²) < 4.78 is 45.9. The summed E-state index contributed by atoms with van der Waals surface area (Å²) in [6.07, 6.45) is 0.502. The van der Waals surface area contributed by atoms with Crippen molar-refractivity contribution in [1.82, 2.24) is 14.4 Å². The van der Waals surface area contributed by atoms with E-state index in [9.17, 15) is 17.6 Å². The van der Waals surface area contributed by atoms with Gasteiger partial charge < -0.3 is 9.42 Å². The molecular formula is C22H22FN3O4S. The Morgan fingerprint density at radius 2 is 1.81 bits per heavy atom. The monoisotopic (exact) mass is 443 g/mol. The molecule has 0 radical (unpaired) electrons. The fourth-order valence-electron chi connectivity index (χ4n) is 3.51. The summed E-state index contributed by atoms with van der Waals surface area (Å²) in [6.45, 7) is 3.04. The van der Waals surface area contributed by atoms with Gasteiger partial charge in [-0.25, -0.2) is 12.8 Å². The van der Waals surface area contributed by atoms with Crippen LogP contribution in [0.5, 0.6) is 0 Å². The fourth-order valence-corrected chi connectivity index (χ4v) is 4.98. The lowest BCUT2D eigenvalue weighted by atomic mass is 10.1. The summed E-state index contributed by atoms with van der Waals surface area (Å²) in [5, 5.41) is 3.87. The Morgan fingerprint density at radius 1 is 1.03 bits per heavy atom. The van der Waals surface area contributed by atoms with Crippen LogP contribution in [0.15, 0.2) is 64.0 Å². The normalized spacial score (nSPS) is 15.6. The molecule has 0 saturated carbocycles. The number of benzene rings is 2. The van der Waals surface area contributed by atoms with E-state index in [2.05, 4.69) is 5.16 Å². The van der Waals surface area contributed by atoms with Crippen LogP contribution in [0.3, 0.4) is 0 Å². The van der Waals surface area contributed by atoms with Gasteiger partial charge in [-0.05, 0) is 37.6 Å². The zero-order chi connectivity index (χ0) is 22.0. The Labute approximate surface area is 180 Å². The number of carbonyl (C=O) groups excluding carboxylic acids is 1. The van der Waals surface area contributed by atoms with Gasteiger partial charge >= 0.3 is 0 Å². The van der Waals surface area contributed by atoms with Crippen molar-refractivity contribution in [3.05, 3.63) is 71.7 Å². The number of hydrogen-bond acceptors (Lipinski definition) is 5. The molecule has 9 heteroatoms. The maximum absolute atomic E-state index is 13.4. The molecule has 0 bridgehead atoms. The molecule has 1 saturated heterocycles. The molecule has 0 spiro atoms. The van der Waals surface area contributed by atoms with Gasteiger partial charge in [-0.3, -0.25) is 4.79 Å². The maximum atomic E-state index is 13.4. The molecule has 4 rings (SSSR count). The number of aromatic nitrogens is 1. The highest BCUT2D eigenvalue weighted by molar-refractivity contribution is 7.89. The van der Waals surface area contributed by atoms with Crippen LogP contribution in [0, 0.1) is 12.7 Å². The largest absolute Gasteiger partial charge is 0.350 e. The van der Waals surface area contributed by atoms with Crippen molar-refractivity contribution in [3.8, 4) is 11.3 Å². The number of carbonyl (C=O) groups is 1. The second kappa shape index (κ2) is 8.60. The molecule has 0 atom stereocenters. The van der Waals surface area contributed by atoms with Crippen LogP contribution >= 0.6 is 0 Å². The first-order valence-electron chi connectivity index (χ1n) is 9.93. The average molecular weight is 444 g/mol. The first-order chi connectivity index (χ1) is 14.8. The van der Waals surface area contributed by atoms with E-state index in [0.717, 1.165) is 5.56 Å². The molecule has 162 valence electrons. The summed E-state index contributed by atoms with van der Waals surface area (Å²) >= 11 is 0. The molecular weight excluding hydrogens is 421 g/mol. The molecule has 3 aromatic rings. The zero-order valence-corrected chi connectivity index (χ0v) is 17.8. The average Bonchev–Trinajstić information content (AvgIpc) is 3.11. The molecule has 31 heavy (non-hydrogen) atoms. The van der Waals surface area contributed by atoms with Gasteiger partial charge in [0.05, 0.1) is 4.90 Å². The molecule has 1 aliphatic rings. The third-order valence-electron chi connectivity index (χ3n) is 5.24. The number of rotatable bonds is 4. The van der Waals surface area contributed by atoms with Gasteiger partial charge in [0.1, 0.15) is 11.5 Å². The summed E-state index contributed by atoms with van der Waals surface area (Å²) in [7, 11) is -3.63. The van der Waals surface area contributed by atoms with E-state index >= 15 is 0 Å². The molecule has 1 aliphatic heterocycles. The van der Waals surface area contributed by atoms with E-state index in [1.807, 2.05) is 6.92 Å². The van der Waals surface area contributed by atoms with Crippen molar-refractivity contribution < 1.29 is 22.1 Å². The molecule has 2 aromatic carbocycles. The summed E-state index contributed by atoms with van der Waals surface area (Å²) in [4.78, 5) is 14.7. The molecule has 0 unspecified atom stereocenters. The highest BCUT2D eigenvalue weighted by Gasteiger charge is 2.29. The predicted octanol–water partition coefficient (Wildman–Crippen LogP) is 3.33. The van der Waals surface area contributed by atoms with Crippen molar-refractivity contribution in [2.24, 2.45) is 0 Å². The minimum Gasteiger partial charge on any atom is -0.350 e. The summed E-state index contributed by atoms with van der Waals surface area (Å²) in [5.41, 5.74) is 1.85. The lowest BCUT2D eigenvalue weighted by molar-refractivity contribution is 0.0722. The lowest BCUT2D eigenvalue weighted by Crippen LogP contribution is -2.37. The van der Waals surface area contributed by atoms with Crippen LogP contribution in [0.4, 0.5) is 4.39 Å². The van der Waals surface area contributed by atoms with Gasteiger partial charge in [0.2, 0.25) is 15.8 Å². The van der Waals surface area contributed by atoms with Crippen molar-refractivity contribution in [2.45, 2.75) is 18.2 Å². The minimum atomic E-state index is -3.63. The maximum Gasteiger partial charge on any atom is 0.292 e. The van der Waals surface area contributed by atoms with Crippen LogP contribution < -0.4 is 0 Å². The number of sulfonamides is 1. The first kappa shape index (κ1) is 21.2. The smallest absolute Gasteiger partial charge is 0.292 e. The minimum absolute atomic E-state index is 0.0362. The predicted molar refractivity (Wildman–Crippen MR) is 112 cm³/mol. The van der Waals surface area contributed by atoms with Crippen LogP contribution in [-0.2, 0) is 10.0 Å². The second-order valence-electron chi connectivity index (χ2n) is 7.45.